The van der Waals surface area contributed by atoms with Gasteiger partial charge in [0.2, 0.25) is 0 Å². The zero-order valence-electron chi connectivity index (χ0n) is 11.6. The maximum absolute atomic E-state index is 5.48. The number of hydrogen-bond donors (Lipinski definition) is 1. The van der Waals surface area contributed by atoms with Crippen molar-refractivity contribution in [3.8, 4) is 0 Å². The van der Waals surface area contributed by atoms with Crippen molar-refractivity contribution in [2.24, 2.45) is 5.41 Å². The molecule has 1 fully saturated rings. The number of ether oxygens (including phenoxy) is 1. The van der Waals surface area contributed by atoms with Crippen LogP contribution in [-0.4, -0.2) is 24.2 Å². The molecule has 2 atom stereocenters. The number of hydrogen-bond acceptors (Lipinski definition) is 4. The van der Waals surface area contributed by atoms with Crippen molar-refractivity contribution >= 4 is 21.6 Å². The van der Waals surface area contributed by atoms with Gasteiger partial charge in [0.25, 0.3) is 0 Å². The Hall–Kier alpha value is -0.970. The lowest BCUT2D eigenvalue weighted by Crippen LogP contribution is -2.60. The summed E-state index contributed by atoms with van der Waals surface area (Å²) in [7, 11) is 1.80. The molecule has 2 unspecified atom stereocenters. The Balaban J connectivity index is 1.64. The molecule has 2 aromatic rings. The van der Waals surface area contributed by atoms with Crippen LogP contribution >= 0.6 is 11.3 Å². The van der Waals surface area contributed by atoms with Gasteiger partial charge in [-0.1, -0.05) is 26.0 Å². The van der Waals surface area contributed by atoms with Crippen LogP contribution in [0.25, 0.3) is 10.2 Å². The quantitative estimate of drug-likeness (QED) is 0.931. The van der Waals surface area contributed by atoms with Crippen molar-refractivity contribution in [2.45, 2.75) is 39.0 Å². The Morgan fingerprint density at radius 3 is 2.89 bits per heavy atom. The number of nitrogens with one attached hydrogen (secondary N) is 1. The van der Waals surface area contributed by atoms with Crippen LogP contribution in [0.3, 0.4) is 0 Å². The molecule has 0 aliphatic heterocycles. The Labute approximate surface area is 118 Å². The molecule has 1 N–H and O–H groups in total. The van der Waals surface area contributed by atoms with Crippen LogP contribution in [0.5, 0.6) is 0 Å². The molecule has 1 heterocycles. The van der Waals surface area contributed by atoms with E-state index in [0.29, 0.717) is 12.1 Å². The zero-order valence-corrected chi connectivity index (χ0v) is 12.5. The summed E-state index contributed by atoms with van der Waals surface area (Å²) in [5, 5.41) is 4.78. The van der Waals surface area contributed by atoms with E-state index in [-0.39, 0.29) is 5.41 Å². The predicted octanol–water partition coefficient (Wildman–Crippen LogP) is 3.20. The lowest BCUT2D eigenvalue weighted by molar-refractivity contribution is -0.0979. The third kappa shape index (κ3) is 2.29. The van der Waals surface area contributed by atoms with Crippen LogP contribution < -0.4 is 5.32 Å². The molecular formula is C15H20N2OS. The van der Waals surface area contributed by atoms with E-state index in [4.69, 9.17) is 4.74 Å². The van der Waals surface area contributed by atoms with E-state index in [1.54, 1.807) is 18.4 Å². The number of methoxy groups -OCH3 is 1. The Morgan fingerprint density at radius 1 is 1.42 bits per heavy atom. The van der Waals surface area contributed by atoms with Crippen LogP contribution in [-0.2, 0) is 11.3 Å². The summed E-state index contributed by atoms with van der Waals surface area (Å²) in [5.41, 5.74) is 1.32. The second-order valence-electron chi connectivity index (χ2n) is 5.79. The van der Waals surface area contributed by atoms with Crippen molar-refractivity contribution in [1.29, 1.82) is 0 Å². The summed E-state index contributed by atoms with van der Waals surface area (Å²) in [5.74, 6) is 0. The first-order valence-corrected chi connectivity index (χ1v) is 7.53. The number of aromatic nitrogens is 1. The number of rotatable bonds is 4. The average Bonchev–Trinajstić information content (AvgIpc) is 2.80. The van der Waals surface area contributed by atoms with Crippen LogP contribution in [0.1, 0.15) is 25.3 Å². The van der Waals surface area contributed by atoms with E-state index in [1.165, 1.54) is 4.70 Å². The van der Waals surface area contributed by atoms with E-state index >= 15 is 0 Å². The fraction of sp³-hybridized carbons (Fsp3) is 0.533. The molecule has 1 aromatic carbocycles. The van der Waals surface area contributed by atoms with Gasteiger partial charge in [-0.15, -0.1) is 11.3 Å². The third-order valence-electron chi connectivity index (χ3n) is 4.30. The minimum atomic E-state index is 0.214. The van der Waals surface area contributed by atoms with Crippen LogP contribution in [0.15, 0.2) is 24.3 Å². The molecule has 1 aliphatic carbocycles. The number of nitrogens with zero attached hydrogens (tertiary/aromatic N) is 1. The first-order chi connectivity index (χ1) is 9.11. The highest BCUT2D eigenvalue weighted by Gasteiger charge is 2.48. The van der Waals surface area contributed by atoms with Crippen molar-refractivity contribution < 1.29 is 4.74 Å². The fourth-order valence-corrected chi connectivity index (χ4v) is 3.76. The minimum absolute atomic E-state index is 0.214. The molecule has 3 rings (SSSR count). The van der Waals surface area contributed by atoms with Gasteiger partial charge in [-0.3, -0.25) is 0 Å². The van der Waals surface area contributed by atoms with Gasteiger partial charge in [0.15, 0.2) is 0 Å². The molecule has 0 saturated heterocycles. The Morgan fingerprint density at radius 2 is 2.21 bits per heavy atom. The van der Waals surface area contributed by atoms with Crippen LogP contribution in [0.2, 0.25) is 0 Å². The second kappa shape index (κ2) is 4.85. The molecule has 4 heteroatoms. The summed E-state index contributed by atoms with van der Waals surface area (Å²) in [4.78, 5) is 4.65. The second-order valence-corrected chi connectivity index (χ2v) is 6.91. The SMILES string of the molecule is COC1CC(NCc2nc3ccccc3s2)C1(C)C. The molecule has 0 spiro atoms. The topological polar surface area (TPSA) is 34.1 Å². The maximum Gasteiger partial charge on any atom is 0.108 e. The molecule has 19 heavy (non-hydrogen) atoms. The summed E-state index contributed by atoms with van der Waals surface area (Å²) >= 11 is 1.78. The molecule has 0 bridgehead atoms. The van der Waals surface area contributed by atoms with Crippen molar-refractivity contribution in [1.82, 2.24) is 10.3 Å². The molecular weight excluding hydrogens is 256 g/mol. The monoisotopic (exact) mass is 276 g/mol. The maximum atomic E-state index is 5.48. The van der Waals surface area contributed by atoms with E-state index in [1.807, 2.05) is 6.07 Å². The number of benzene rings is 1. The number of para-hydroxylation sites is 1. The highest BCUT2D eigenvalue weighted by Crippen LogP contribution is 2.42. The molecule has 102 valence electrons. The van der Waals surface area contributed by atoms with Crippen LogP contribution in [0, 0.1) is 5.41 Å². The van der Waals surface area contributed by atoms with E-state index in [0.717, 1.165) is 23.5 Å². The van der Waals surface area contributed by atoms with Gasteiger partial charge in [-0.25, -0.2) is 4.98 Å². The van der Waals surface area contributed by atoms with Gasteiger partial charge in [0.1, 0.15) is 5.01 Å². The van der Waals surface area contributed by atoms with Gasteiger partial charge in [-0.2, -0.15) is 0 Å². The summed E-state index contributed by atoms with van der Waals surface area (Å²) in [6, 6.07) is 8.83. The highest BCUT2D eigenvalue weighted by molar-refractivity contribution is 7.18. The normalized spacial score (nSPS) is 25.4. The number of thiazole rings is 1. The van der Waals surface area contributed by atoms with Gasteiger partial charge in [-0.05, 0) is 18.6 Å². The van der Waals surface area contributed by atoms with Gasteiger partial charge in [0, 0.05) is 25.1 Å². The lowest BCUT2D eigenvalue weighted by atomic mass is 9.64. The molecule has 3 nitrogen and oxygen atoms in total. The van der Waals surface area contributed by atoms with Gasteiger partial charge in [0.05, 0.1) is 16.3 Å². The van der Waals surface area contributed by atoms with E-state index < -0.39 is 0 Å². The smallest absolute Gasteiger partial charge is 0.108 e. The van der Waals surface area contributed by atoms with Gasteiger partial charge < -0.3 is 10.1 Å². The molecule has 0 amide bonds. The molecule has 0 radical (unpaired) electrons. The van der Waals surface area contributed by atoms with Crippen LogP contribution in [0.4, 0.5) is 0 Å². The van der Waals surface area contributed by atoms with Crippen molar-refractivity contribution in [3.63, 3.8) is 0 Å². The summed E-state index contributed by atoms with van der Waals surface area (Å²) in [6.45, 7) is 5.38. The average molecular weight is 276 g/mol. The van der Waals surface area contributed by atoms with E-state index in [2.05, 4.69) is 42.3 Å². The van der Waals surface area contributed by atoms with Crippen molar-refractivity contribution in [3.05, 3.63) is 29.3 Å². The standard InChI is InChI=1S/C15H20N2OS/c1-15(2)12(8-13(15)18-3)16-9-14-17-10-6-4-5-7-11(10)19-14/h4-7,12-13,16H,8-9H2,1-3H3. The Kier molecular flexibility index (Phi) is 3.33. The van der Waals surface area contributed by atoms with Crippen molar-refractivity contribution in [2.75, 3.05) is 7.11 Å². The molecule has 1 aromatic heterocycles. The predicted molar refractivity (Wildman–Crippen MR) is 79.4 cm³/mol. The van der Waals surface area contributed by atoms with Gasteiger partial charge >= 0.3 is 0 Å². The summed E-state index contributed by atoms with van der Waals surface area (Å²) in [6.07, 6.45) is 1.47. The molecule has 1 aliphatic rings. The first kappa shape index (κ1) is 13.0. The lowest BCUT2D eigenvalue weighted by Gasteiger charge is -2.51. The first-order valence-electron chi connectivity index (χ1n) is 6.72. The van der Waals surface area contributed by atoms with E-state index in [9.17, 15) is 0 Å². The zero-order chi connectivity index (χ0) is 13.5. The number of fused-ring (bicyclic) bond motifs is 1. The highest BCUT2D eigenvalue weighted by atomic mass is 32.1. The fourth-order valence-electron chi connectivity index (χ4n) is 2.84. The molecule has 1 saturated carbocycles. The largest absolute Gasteiger partial charge is 0.381 e. The minimum Gasteiger partial charge on any atom is -0.381 e. The Bertz CT molecular complexity index is 545. The third-order valence-corrected chi connectivity index (χ3v) is 5.34. The summed E-state index contributed by atoms with van der Waals surface area (Å²) < 4.78 is 6.74.